The lowest BCUT2D eigenvalue weighted by molar-refractivity contribution is 0.0888. The molecule has 90 valence electrons. The first-order valence-corrected chi connectivity index (χ1v) is 5.71. The number of ketones is 2. The van der Waals surface area contributed by atoms with Crippen molar-refractivity contribution in [1.29, 1.82) is 0 Å². The zero-order valence-corrected chi connectivity index (χ0v) is 10.1. The van der Waals surface area contributed by atoms with E-state index in [0.717, 1.165) is 0 Å². The van der Waals surface area contributed by atoms with Gasteiger partial charge in [-0.25, -0.2) is 0 Å². The van der Waals surface area contributed by atoms with Crippen molar-refractivity contribution in [3.63, 3.8) is 0 Å². The lowest BCUT2D eigenvalue weighted by Gasteiger charge is -2.05. The van der Waals surface area contributed by atoms with Gasteiger partial charge in [-0.15, -0.1) is 0 Å². The molecule has 0 atom stereocenters. The Morgan fingerprint density at radius 1 is 1.06 bits per heavy atom. The van der Waals surface area contributed by atoms with Gasteiger partial charge in [0.05, 0.1) is 5.69 Å². The Kier molecular flexibility index (Phi) is 2.20. The van der Waals surface area contributed by atoms with Crippen molar-refractivity contribution in [3.8, 4) is 0 Å². The fraction of sp³-hybridized carbons (Fsp3) is 0.214. The molecule has 0 aliphatic heterocycles. The molecule has 0 spiro atoms. The third-order valence-corrected chi connectivity index (χ3v) is 3.36. The van der Waals surface area contributed by atoms with Gasteiger partial charge in [0.2, 0.25) is 0 Å². The van der Waals surface area contributed by atoms with Gasteiger partial charge in [-0.3, -0.25) is 9.59 Å². The summed E-state index contributed by atoms with van der Waals surface area (Å²) in [5.41, 5.74) is 2.20. The number of aromatic nitrogens is 1. The number of fused-ring (bicyclic) bond motifs is 1. The predicted molar refractivity (Wildman–Crippen MR) is 63.8 cm³/mol. The molecule has 0 fully saturated rings. The van der Waals surface area contributed by atoms with E-state index in [-0.39, 0.29) is 11.6 Å². The maximum Gasteiger partial charge on any atom is 0.179 e. The molecular weight excluding hydrogens is 230 g/mol. The molecule has 0 amide bonds. The van der Waals surface area contributed by atoms with E-state index < -0.39 is 5.92 Å². The van der Waals surface area contributed by atoms with Crippen LogP contribution in [0.1, 0.15) is 43.7 Å². The van der Waals surface area contributed by atoms with Crippen LogP contribution in [0.15, 0.2) is 28.8 Å². The second-order valence-electron chi connectivity index (χ2n) is 4.44. The lowest BCUT2D eigenvalue weighted by atomic mass is 9.93. The molecule has 0 N–H and O–H groups in total. The molecule has 0 saturated heterocycles. The molecule has 4 heteroatoms. The number of hydrogen-bond acceptors (Lipinski definition) is 4. The topological polar surface area (TPSA) is 60.2 Å². The van der Waals surface area contributed by atoms with E-state index in [4.69, 9.17) is 4.52 Å². The molecule has 1 aliphatic rings. The van der Waals surface area contributed by atoms with E-state index in [2.05, 4.69) is 5.16 Å². The minimum atomic E-state index is -0.784. The van der Waals surface area contributed by atoms with Gasteiger partial charge in [0, 0.05) is 16.7 Å². The standard InChI is InChI=1S/C14H11NO3/c1-7-11(8(2)18-15-7)12-13(16)9-5-3-4-6-10(9)14(12)17/h3-6,12H,1-2H3. The highest BCUT2D eigenvalue weighted by atomic mass is 16.5. The van der Waals surface area contributed by atoms with Gasteiger partial charge in [0.1, 0.15) is 11.7 Å². The van der Waals surface area contributed by atoms with Crippen LogP contribution in [0.5, 0.6) is 0 Å². The summed E-state index contributed by atoms with van der Waals surface area (Å²) in [5.74, 6) is -0.573. The van der Waals surface area contributed by atoms with Crippen LogP contribution in [0.2, 0.25) is 0 Å². The maximum absolute atomic E-state index is 12.3. The van der Waals surface area contributed by atoms with Crippen molar-refractivity contribution in [2.24, 2.45) is 0 Å². The Bertz CT molecular complexity index is 615. The van der Waals surface area contributed by atoms with Crippen LogP contribution in [-0.4, -0.2) is 16.7 Å². The summed E-state index contributed by atoms with van der Waals surface area (Å²) >= 11 is 0. The molecule has 3 rings (SSSR count). The van der Waals surface area contributed by atoms with Gasteiger partial charge in [0.15, 0.2) is 11.6 Å². The molecule has 18 heavy (non-hydrogen) atoms. The number of rotatable bonds is 1. The van der Waals surface area contributed by atoms with Crippen molar-refractivity contribution in [1.82, 2.24) is 5.16 Å². The van der Waals surface area contributed by atoms with E-state index in [9.17, 15) is 9.59 Å². The number of benzene rings is 1. The Morgan fingerprint density at radius 3 is 2.06 bits per heavy atom. The molecule has 0 saturated carbocycles. The van der Waals surface area contributed by atoms with Crippen molar-refractivity contribution in [2.45, 2.75) is 19.8 Å². The second kappa shape index (κ2) is 3.63. The highest BCUT2D eigenvalue weighted by Crippen LogP contribution is 2.36. The Labute approximate surface area is 104 Å². The van der Waals surface area contributed by atoms with Gasteiger partial charge in [-0.1, -0.05) is 29.4 Å². The number of carbonyl (C=O) groups is 2. The van der Waals surface area contributed by atoms with E-state index in [0.29, 0.717) is 28.1 Å². The minimum Gasteiger partial charge on any atom is -0.361 e. The summed E-state index contributed by atoms with van der Waals surface area (Å²) in [7, 11) is 0. The fourth-order valence-electron chi connectivity index (χ4n) is 2.51. The molecule has 0 radical (unpaired) electrons. The normalized spacial score (nSPS) is 15.2. The summed E-state index contributed by atoms with van der Waals surface area (Å²) in [6, 6.07) is 6.90. The predicted octanol–water partition coefficient (Wildman–Crippen LogP) is 2.45. The van der Waals surface area contributed by atoms with Crippen molar-refractivity contribution in [3.05, 3.63) is 52.4 Å². The van der Waals surface area contributed by atoms with Gasteiger partial charge < -0.3 is 4.52 Å². The van der Waals surface area contributed by atoms with E-state index in [1.54, 1.807) is 38.1 Å². The summed E-state index contributed by atoms with van der Waals surface area (Å²) in [6.07, 6.45) is 0. The zero-order chi connectivity index (χ0) is 12.9. The van der Waals surface area contributed by atoms with Crippen LogP contribution in [0, 0.1) is 13.8 Å². The summed E-state index contributed by atoms with van der Waals surface area (Å²) in [6.45, 7) is 3.47. The first-order valence-electron chi connectivity index (χ1n) is 5.71. The number of hydrogen-bond donors (Lipinski definition) is 0. The van der Waals surface area contributed by atoms with Gasteiger partial charge >= 0.3 is 0 Å². The zero-order valence-electron chi connectivity index (χ0n) is 10.1. The Balaban J connectivity index is 2.19. The highest BCUT2D eigenvalue weighted by molar-refractivity contribution is 6.29. The van der Waals surface area contributed by atoms with Gasteiger partial charge in [-0.05, 0) is 13.8 Å². The van der Waals surface area contributed by atoms with Crippen LogP contribution in [-0.2, 0) is 0 Å². The summed E-state index contributed by atoms with van der Waals surface area (Å²) in [4.78, 5) is 24.6. The first kappa shape index (κ1) is 10.9. The Morgan fingerprint density at radius 2 is 1.61 bits per heavy atom. The van der Waals surface area contributed by atoms with Gasteiger partial charge in [0.25, 0.3) is 0 Å². The molecule has 1 heterocycles. The van der Waals surface area contributed by atoms with Crippen molar-refractivity contribution in [2.75, 3.05) is 0 Å². The summed E-state index contributed by atoms with van der Waals surface area (Å²) in [5, 5.41) is 3.81. The van der Waals surface area contributed by atoms with Crippen LogP contribution < -0.4 is 0 Å². The average Bonchev–Trinajstić information content (AvgIpc) is 2.81. The maximum atomic E-state index is 12.3. The monoisotopic (exact) mass is 241 g/mol. The molecule has 0 unspecified atom stereocenters. The van der Waals surface area contributed by atoms with E-state index in [1.165, 1.54) is 0 Å². The molecule has 1 aromatic heterocycles. The SMILES string of the molecule is Cc1noc(C)c1C1C(=O)c2ccccc2C1=O. The minimum absolute atomic E-state index is 0.162. The van der Waals surface area contributed by atoms with Crippen LogP contribution >= 0.6 is 0 Å². The Hall–Kier alpha value is -2.23. The highest BCUT2D eigenvalue weighted by Gasteiger charge is 2.42. The average molecular weight is 241 g/mol. The molecular formula is C14H11NO3. The lowest BCUT2D eigenvalue weighted by Crippen LogP contribution is -2.14. The largest absolute Gasteiger partial charge is 0.361 e. The quantitative estimate of drug-likeness (QED) is 0.719. The summed E-state index contributed by atoms with van der Waals surface area (Å²) < 4.78 is 5.05. The van der Waals surface area contributed by atoms with E-state index >= 15 is 0 Å². The first-order chi connectivity index (χ1) is 8.61. The van der Waals surface area contributed by atoms with Crippen molar-refractivity contribution >= 4 is 11.6 Å². The smallest absolute Gasteiger partial charge is 0.179 e. The van der Waals surface area contributed by atoms with Crippen molar-refractivity contribution < 1.29 is 14.1 Å². The van der Waals surface area contributed by atoms with Crippen LogP contribution in [0.4, 0.5) is 0 Å². The number of carbonyl (C=O) groups excluding carboxylic acids is 2. The fourth-order valence-corrected chi connectivity index (χ4v) is 2.51. The third kappa shape index (κ3) is 1.29. The molecule has 2 aromatic rings. The van der Waals surface area contributed by atoms with Gasteiger partial charge in [-0.2, -0.15) is 0 Å². The molecule has 1 aromatic carbocycles. The molecule has 0 bridgehead atoms. The van der Waals surface area contributed by atoms with E-state index in [1.807, 2.05) is 0 Å². The number of nitrogens with zero attached hydrogens (tertiary/aromatic N) is 1. The molecule has 1 aliphatic carbocycles. The second-order valence-corrected chi connectivity index (χ2v) is 4.44. The number of aryl methyl sites for hydroxylation is 2. The molecule has 4 nitrogen and oxygen atoms in total. The van der Waals surface area contributed by atoms with Crippen LogP contribution in [0.25, 0.3) is 0 Å². The number of Topliss-reactive ketones (excluding diaryl/α,β-unsaturated/α-hetero) is 2. The van der Waals surface area contributed by atoms with Crippen LogP contribution in [0.3, 0.4) is 0 Å². The third-order valence-electron chi connectivity index (χ3n) is 3.36.